The van der Waals surface area contributed by atoms with Crippen LogP contribution in [0.4, 0.5) is 0 Å². The van der Waals surface area contributed by atoms with Crippen LogP contribution in [0.2, 0.25) is 0 Å². The van der Waals surface area contributed by atoms with Gasteiger partial charge in [0.1, 0.15) is 0 Å². The normalized spacial score (nSPS) is 18.7. The van der Waals surface area contributed by atoms with Crippen molar-refractivity contribution >= 4 is 28.8 Å². The number of halogens is 1. The van der Waals surface area contributed by atoms with Crippen LogP contribution in [0.1, 0.15) is 62.5 Å². The molecule has 1 saturated heterocycles. The van der Waals surface area contributed by atoms with Gasteiger partial charge in [0.2, 0.25) is 5.91 Å². The zero-order valence-electron chi connectivity index (χ0n) is 12.5. The Morgan fingerprint density at radius 2 is 1.90 bits per heavy atom. The number of thiazole rings is 1. The lowest BCUT2D eigenvalue weighted by Gasteiger charge is -2.22. The van der Waals surface area contributed by atoms with Gasteiger partial charge in [-0.3, -0.25) is 4.79 Å². The van der Waals surface area contributed by atoms with Crippen LogP contribution in [-0.2, 0) is 10.2 Å². The summed E-state index contributed by atoms with van der Waals surface area (Å²) in [5.74, 6) is 0.0133. The van der Waals surface area contributed by atoms with E-state index in [0.29, 0.717) is 5.69 Å². The fraction of sp³-hybridized carbons (Fsp3) is 0.733. The molecule has 1 aromatic rings. The van der Waals surface area contributed by atoms with Crippen molar-refractivity contribution in [1.82, 2.24) is 9.88 Å². The summed E-state index contributed by atoms with van der Waals surface area (Å²) in [6.07, 6.45) is 4.59. The zero-order valence-corrected chi connectivity index (χ0v) is 14.1. The fourth-order valence-corrected chi connectivity index (χ4v) is 3.58. The highest BCUT2D eigenvalue weighted by Gasteiger charge is 2.28. The van der Waals surface area contributed by atoms with Crippen molar-refractivity contribution in [2.75, 3.05) is 13.1 Å². The maximum Gasteiger partial charge on any atom is 0.246 e. The molecule has 2 rings (SSSR count). The van der Waals surface area contributed by atoms with Gasteiger partial charge in [-0.05, 0) is 12.8 Å². The summed E-state index contributed by atoms with van der Waals surface area (Å²) in [7, 11) is 0. The number of carbonyl (C=O) groups excluding carboxylic acids is 1. The number of amides is 1. The van der Waals surface area contributed by atoms with Gasteiger partial charge in [-0.15, -0.1) is 22.9 Å². The number of carbonyl (C=O) groups is 1. The van der Waals surface area contributed by atoms with Crippen molar-refractivity contribution < 1.29 is 4.79 Å². The van der Waals surface area contributed by atoms with Crippen LogP contribution < -0.4 is 0 Å². The summed E-state index contributed by atoms with van der Waals surface area (Å²) < 4.78 is 0. The van der Waals surface area contributed by atoms with Crippen LogP contribution in [0.25, 0.3) is 0 Å². The summed E-state index contributed by atoms with van der Waals surface area (Å²) in [5, 5.41) is 2.32. The third-order valence-corrected chi connectivity index (χ3v) is 5.25. The molecule has 1 aliphatic rings. The first kappa shape index (κ1) is 15.8. The maximum absolute atomic E-state index is 12.5. The van der Waals surface area contributed by atoms with E-state index in [1.807, 2.05) is 10.3 Å². The molecule has 0 saturated carbocycles. The maximum atomic E-state index is 12.5. The van der Waals surface area contributed by atoms with Gasteiger partial charge >= 0.3 is 0 Å². The largest absolute Gasteiger partial charge is 0.341 e. The number of rotatable bonds is 2. The number of aromatic nitrogens is 1. The lowest BCUT2D eigenvalue weighted by Crippen LogP contribution is -2.34. The molecule has 0 aromatic carbocycles. The Bertz CT molecular complexity index is 459. The molecule has 3 nitrogen and oxygen atoms in total. The standard InChI is InChI=1S/C15H23ClN2OS/c1-15(2,3)14-17-11(10-20-14)12(16)13(19)18-8-6-4-5-7-9-18/h10,12H,4-9H2,1-3H3. The van der Waals surface area contributed by atoms with Crippen LogP contribution in [0.3, 0.4) is 0 Å². The van der Waals surface area contributed by atoms with E-state index in [0.717, 1.165) is 30.9 Å². The number of nitrogens with zero attached hydrogens (tertiary/aromatic N) is 2. The molecule has 0 aliphatic carbocycles. The second-order valence-corrected chi connectivity index (χ2v) is 7.72. The van der Waals surface area contributed by atoms with Gasteiger partial charge in [-0.1, -0.05) is 33.6 Å². The van der Waals surface area contributed by atoms with Gasteiger partial charge in [-0.2, -0.15) is 0 Å². The van der Waals surface area contributed by atoms with E-state index < -0.39 is 5.38 Å². The Morgan fingerprint density at radius 1 is 1.30 bits per heavy atom. The molecule has 0 radical (unpaired) electrons. The molecule has 0 spiro atoms. The van der Waals surface area contributed by atoms with Gasteiger partial charge in [0.25, 0.3) is 0 Å². The van der Waals surface area contributed by atoms with Gasteiger partial charge in [-0.25, -0.2) is 4.98 Å². The van der Waals surface area contributed by atoms with Gasteiger partial charge in [0.15, 0.2) is 5.38 Å². The van der Waals surface area contributed by atoms with E-state index >= 15 is 0 Å². The highest BCUT2D eigenvalue weighted by atomic mass is 35.5. The molecule has 1 fully saturated rings. The minimum absolute atomic E-state index is 0.00514. The summed E-state index contributed by atoms with van der Waals surface area (Å²) in [4.78, 5) is 18.9. The molecule has 0 bridgehead atoms. The third kappa shape index (κ3) is 3.73. The van der Waals surface area contributed by atoms with Gasteiger partial charge < -0.3 is 4.90 Å². The lowest BCUT2D eigenvalue weighted by molar-refractivity contribution is -0.130. The molecule has 20 heavy (non-hydrogen) atoms. The van der Waals surface area contributed by atoms with E-state index in [4.69, 9.17) is 11.6 Å². The predicted octanol–water partition coefficient (Wildman–Crippen LogP) is 4.12. The van der Waals surface area contributed by atoms with E-state index in [1.165, 1.54) is 12.8 Å². The van der Waals surface area contributed by atoms with E-state index in [-0.39, 0.29) is 11.3 Å². The van der Waals surface area contributed by atoms with Crippen molar-refractivity contribution in [3.05, 3.63) is 16.1 Å². The predicted molar refractivity (Wildman–Crippen MR) is 84.5 cm³/mol. The van der Waals surface area contributed by atoms with E-state index in [1.54, 1.807) is 11.3 Å². The lowest BCUT2D eigenvalue weighted by atomic mass is 9.98. The average molecular weight is 315 g/mol. The Morgan fingerprint density at radius 3 is 2.40 bits per heavy atom. The van der Waals surface area contributed by atoms with Crippen molar-refractivity contribution in [2.24, 2.45) is 0 Å². The fourth-order valence-electron chi connectivity index (χ4n) is 2.32. The highest BCUT2D eigenvalue weighted by Crippen LogP contribution is 2.31. The Labute approximate surface area is 130 Å². The van der Waals surface area contributed by atoms with E-state index in [9.17, 15) is 4.79 Å². The first-order chi connectivity index (χ1) is 9.39. The number of hydrogen-bond donors (Lipinski definition) is 0. The highest BCUT2D eigenvalue weighted by molar-refractivity contribution is 7.09. The zero-order chi connectivity index (χ0) is 14.8. The second kappa shape index (κ2) is 6.44. The Hall–Kier alpha value is -0.610. The third-order valence-electron chi connectivity index (χ3n) is 3.56. The first-order valence-corrected chi connectivity index (χ1v) is 8.60. The summed E-state index contributed by atoms with van der Waals surface area (Å²) >= 11 is 7.95. The molecule has 112 valence electrons. The number of hydrogen-bond acceptors (Lipinski definition) is 3. The topological polar surface area (TPSA) is 33.2 Å². The summed E-state index contributed by atoms with van der Waals surface area (Å²) in [5.41, 5.74) is 0.710. The summed E-state index contributed by atoms with van der Waals surface area (Å²) in [6.45, 7) is 8.02. The molecule has 1 aliphatic heterocycles. The average Bonchev–Trinajstić information content (AvgIpc) is 2.74. The molecule has 2 heterocycles. The summed E-state index contributed by atoms with van der Waals surface area (Å²) in [6, 6.07) is 0. The van der Waals surface area contributed by atoms with Crippen molar-refractivity contribution in [2.45, 2.75) is 57.2 Å². The first-order valence-electron chi connectivity index (χ1n) is 7.28. The molecule has 5 heteroatoms. The Balaban J connectivity index is 2.08. The van der Waals surface area contributed by atoms with Crippen LogP contribution in [0.5, 0.6) is 0 Å². The minimum Gasteiger partial charge on any atom is -0.341 e. The molecule has 0 N–H and O–H groups in total. The Kier molecular flexibility index (Phi) is 5.08. The van der Waals surface area contributed by atoms with Crippen molar-refractivity contribution in [3.8, 4) is 0 Å². The van der Waals surface area contributed by atoms with Gasteiger partial charge in [0.05, 0.1) is 10.7 Å². The second-order valence-electron chi connectivity index (χ2n) is 6.43. The van der Waals surface area contributed by atoms with Crippen LogP contribution in [0.15, 0.2) is 5.38 Å². The molecular weight excluding hydrogens is 292 g/mol. The smallest absolute Gasteiger partial charge is 0.246 e. The minimum atomic E-state index is -0.638. The van der Waals surface area contributed by atoms with Crippen molar-refractivity contribution in [3.63, 3.8) is 0 Å². The number of likely N-dealkylation sites (tertiary alicyclic amines) is 1. The molecule has 1 unspecified atom stereocenters. The van der Waals surface area contributed by atoms with Crippen LogP contribution in [-0.4, -0.2) is 28.9 Å². The SMILES string of the molecule is CC(C)(C)c1nc(C(Cl)C(=O)N2CCCCCC2)cs1. The molecular formula is C15H23ClN2OS. The van der Waals surface area contributed by atoms with Crippen molar-refractivity contribution in [1.29, 1.82) is 0 Å². The monoisotopic (exact) mass is 314 g/mol. The van der Waals surface area contributed by atoms with Crippen LogP contribution >= 0.6 is 22.9 Å². The molecule has 1 amide bonds. The van der Waals surface area contributed by atoms with Crippen LogP contribution in [0, 0.1) is 0 Å². The number of alkyl halides is 1. The quantitative estimate of drug-likeness (QED) is 0.769. The van der Waals surface area contributed by atoms with Gasteiger partial charge in [0, 0.05) is 23.9 Å². The molecule has 1 aromatic heterocycles. The molecule has 1 atom stereocenters. The van der Waals surface area contributed by atoms with E-state index in [2.05, 4.69) is 25.8 Å².